The highest BCUT2D eigenvalue weighted by atomic mass is 19.4. The molecule has 1 aromatic carbocycles. The van der Waals surface area contributed by atoms with Crippen molar-refractivity contribution in [3.63, 3.8) is 0 Å². The summed E-state index contributed by atoms with van der Waals surface area (Å²) in [5.41, 5.74) is 0.0496. The lowest BCUT2D eigenvalue weighted by atomic mass is 10.1. The number of halogens is 3. The lowest BCUT2D eigenvalue weighted by Crippen LogP contribution is -2.35. The van der Waals surface area contributed by atoms with Crippen LogP contribution in [0.1, 0.15) is 0 Å². The van der Waals surface area contributed by atoms with Crippen LogP contribution in [0, 0.1) is 10.1 Å². The average Bonchev–Trinajstić information content (AvgIpc) is 2.42. The van der Waals surface area contributed by atoms with Gasteiger partial charge in [-0.05, 0) is 6.07 Å². The second-order valence-electron chi connectivity index (χ2n) is 4.23. The molecule has 0 amide bonds. The number of anilines is 1. The summed E-state index contributed by atoms with van der Waals surface area (Å²) in [6.07, 6.45) is -6.01. The van der Waals surface area contributed by atoms with Crippen LogP contribution in [0.4, 0.5) is 24.5 Å². The van der Waals surface area contributed by atoms with Crippen molar-refractivity contribution in [2.75, 3.05) is 11.9 Å². The average molecular weight is 301 g/mol. The molecule has 9 heteroatoms. The van der Waals surface area contributed by atoms with Crippen LogP contribution in [-0.4, -0.2) is 33.8 Å². The zero-order valence-corrected chi connectivity index (χ0v) is 10.5. The van der Waals surface area contributed by atoms with Crippen LogP contribution in [0.2, 0.25) is 0 Å². The Bertz CT molecular complexity index is 676. The van der Waals surface area contributed by atoms with Crippen LogP contribution in [0.3, 0.4) is 0 Å². The summed E-state index contributed by atoms with van der Waals surface area (Å²) in [6.45, 7) is -0.759. The summed E-state index contributed by atoms with van der Waals surface area (Å²) in [5.74, 6) is 0. The molecule has 0 spiro atoms. The van der Waals surface area contributed by atoms with Gasteiger partial charge in [0.25, 0.3) is 5.69 Å². The molecule has 2 rings (SSSR count). The van der Waals surface area contributed by atoms with Gasteiger partial charge >= 0.3 is 6.18 Å². The monoisotopic (exact) mass is 301 g/mol. The SMILES string of the molecule is O=[N+]([O-])c1cccc2c(NCC(O)C(F)(F)F)ccnc12. The smallest absolute Gasteiger partial charge is 0.382 e. The summed E-state index contributed by atoms with van der Waals surface area (Å²) in [7, 11) is 0. The predicted molar refractivity (Wildman–Crippen MR) is 68.9 cm³/mol. The molecule has 1 heterocycles. The standard InChI is InChI=1S/C12H10F3N3O3/c13-12(14,15)10(19)6-17-8-4-5-16-11-7(8)2-1-3-9(11)18(20)21/h1-5,10,19H,6H2,(H,16,17). The van der Waals surface area contributed by atoms with E-state index in [1.807, 2.05) is 0 Å². The van der Waals surface area contributed by atoms with E-state index in [9.17, 15) is 23.3 Å². The van der Waals surface area contributed by atoms with Gasteiger partial charge in [0.2, 0.25) is 0 Å². The number of aliphatic hydroxyl groups excluding tert-OH is 1. The molecule has 2 N–H and O–H groups in total. The largest absolute Gasteiger partial charge is 0.416 e. The van der Waals surface area contributed by atoms with Crippen molar-refractivity contribution in [2.45, 2.75) is 12.3 Å². The molecule has 0 aliphatic carbocycles. The maximum absolute atomic E-state index is 12.2. The summed E-state index contributed by atoms with van der Waals surface area (Å²) in [6, 6.07) is 5.55. The van der Waals surface area contributed by atoms with Gasteiger partial charge in [-0.25, -0.2) is 4.98 Å². The fourth-order valence-electron chi connectivity index (χ4n) is 1.78. The van der Waals surface area contributed by atoms with E-state index >= 15 is 0 Å². The minimum Gasteiger partial charge on any atom is -0.382 e. The Morgan fingerprint density at radius 1 is 1.38 bits per heavy atom. The Balaban J connectivity index is 2.33. The molecule has 0 bridgehead atoms. The second-order valence-corrected chi connectivity index (χ2v) is 4.23. The lowest BCUT2D eigenvalue weighted by Gasteiger charge is -2.16. The molecule has 0 saturated heterocycles. The Morgan fingerprint density at radius 2 is 2.10 bits per heavy atom. The van der Waals surface area contributed by atoms with Crippen LogP contribution in [0.15, 0.2) is 30.5 Å². The number of nitro benzene ring substituents is 1. The fraction of sp³-hybridized carbons (Fsp3) is 0.250. The Kier molecular flexibility index (Phi) is 3.94. The molecule has 0 saturated carbocycles. The van der Waals surface area contributed by atoms with Crippen LogP contribution >= 0.6 is 0 Å². The maximum atomic E-state index is 12.2. The minimum absolute atomic E-state index is 0.0639. The van der Waals surface area contributed by atoms with Crippen LogP contribution in [-0.2, 0) is 0 Å². The van der Waals surface area contributed by atoms with E-state index in [2.05, 4.69) is 10.3 Å². The zero-order chi connectivity index (χ0) is 15.6. The van der Waals surface area contributed by atoms with Gasteiger partial charge in [0, 0.05) is 29.9 Å². The number of fused-ring (bicyclic) bond motifs is 1. The number of rotatable bonds is 4. The molecule has 0 aliphatic rings. The number of alkyl halides is 3. The highest BCUT2D eigenvalue weighted by Crippen LogP contribution is 2.29. The molecule has 1 unspecified atom stereocenters. The van der Waals surface area contributed by atoms with Crippen molar-refractivity contribution in [1.82, 2.24) is 4.98 Å². The first-order valence-corrected chi connectivity index (χ1v) is 5.81. The summed E-state index contributed by atoms with van der Waals surface area (Å²) >= 11 is 0. The van der Waals surface area contributed by atoms with E-state index in [1.54, 1.807) is 0 Å². The summed E-state index contributed by atoms with van der Waals surface area (Å²) in [5, 5.41) is 22.6. The maximum Gasteiger partial charge on any atom is 0.416 e. The molecular weight excluding hydrogens is 291 g/mol. The van der Waals surface area contributed by atoms with Gasteiger partial charge in [0.1, 0.15) is 5.52 Å². The highest BCUT2D eigenvalue weighted by Gasteiger charge is 2.37. The highest BCUT2D eigenvalue weighted by molar-refractivity contribution is 5.96. The fourth-order valence-corrected chi connectivity index (χ4v) is 1.78. The first-order valence-electron chi connectivity index (χ1n) is 5.81. The van der Waals surface area contributed by atoms with Gasteiger partial charge in [0.15, 0.2) is 6.10 Å². The Hall–Kier alpha value is -2.42. The van der Waals surface area contributed by atoms with Crippen LogP contribution in [0.5, 0.6) is 0 Å². The minimum atomic E-state index is -4.73. The number of nitro groups is 1. The first-order chi connectivity index (χ1) is 9.80. The van der Waals surface area contributed by atoms with E-state index in [1.165, 1.54) is 30.5 Å². The first kappa shape index (κ1) is 15.0. The molecule has 1 atom stereocenters. The van der Waals surface area contributed by atoms with Gasteiger partial charge in [-0.2, -0.15) is 13.2 Å². The number of benzene rings is 1. The topological polar surface area (TPSA) is 88.3 Å². The number of aromatic nitrogens is 1. The van der Waals surface area contributed by atoms with Crippen LogP contribution in [0.25, 0.3) is 10.9 Å². The number of hydrogen-bond donors (Lipinski definition) is 2. The zero-order valence-electron chi connectivity index (χ0n) is 10.5. The van der Waals surface area contributed by atoms with Gasteiger partial charge in [-0.15, -0.1) is 0 Å². The number of nitrogens with zero attached hydrogens (tertiary/aromatic N) is 2. The van der Waals surface area contributed by atoms with Gasteiger partial charge in [-0.1, -0.05) is 12.1 Å². The molecule has 0 fully saturated rings. The van der Waals surface area contributed by atoms with Gasteiger partial charge in [0.05, 0.1) is 4.92 Å². The molecular formula is C12H10F3N3O3. The van der Waals surface area contributed by atoms with E-state index in [4.69, 9.17) is 5.11 Å². The molecule has 112 valence electrons. The van der Waals surface area contributed by atoms with E-state index in [0.717, 1.165) is 0 Å². The summed E-state index contributed by atoms with van der Waals surface area (Å²) in [4.78, 5) is 14.1. The summed E-state index contributed by atoms with van der Waals surface area (Å²) < 4.78 is 36.7. The van der Waals surface area contributed by atoms with E-state index in [0.29, 0.717) is 5.39 Å². The number of non-ortho nitro benzene ring substituents is 1. The van der Waals surface area contributed by atoms with Crippen molar-refractivity contribution in [3.8, 4) is 0 Å². The third-order valence-electron chi connectivity index (χ3n) is 2.81. The molecule has 6 nitrogen and oxygen atoms in total. The number of hydrogen-bond acceptors (Lipinski definition) is 5. The number of para-hydroxylation sites is 1. The third-order valence-corrected chi connectivity index (χ3v) is 2.81. The predicted octanol–water partition coefficient (Wildman–Crippen LogP) is 2.48. The second kappa shape index (κ2) is 5.52. The van der Waals surface area contributed by atoms with E-state index < -0.39 is 23.7 Å². The molecule has 2 aromatic rings. The molecule has 0 radical (unpaired) electrons. The van der Waals surface area contributed by atoms with Crippen molar-refractivity contribution < 1.29 is 23.2 Å². The van der Waals surface area contributed by atoms with E-state index in [-0.39, 0.29) is 16.9 Å². The van der Waals surface area contributed by atoms with Crippen molar-refractivity contribution >= 4 is 22.3 Å². The van der Waals surface area contributed by atoms with Crippen LogP contribution < -0.4 is 5.32 Å². The number of aliphatic hydroxyl groups is 1. The number of nitrogens with one attached hydrogen (secondary N) is 1. The molecule has 0 aliphatic heterocycles. The quantitative estimate of drug-likeness (QED) is 0.669. The Morgan fingerprint density at radius 3 is 2.71 bits per heavy atom. The molecule has 1 aromatic heterocycles. The van der Waals surface area contributed by atoms with Crippen molar-refractivity contribution in [2.24, 2.45) is 0 Å². The normalized spacial score (nSPS) is 13.1. The number of pyridine rings is 1. The van der Waals surface area contributed by atoms with Crippen molar-refractivity contribution in [3.05, 3.63) is 40.6 Å². The van der Waals surface area contributed by atoms with Gasteiger partial charge in [-0.3, -0.25) is 10.1 Å². The van der Waals surface area contributed by atoms with Crippen molar-refractivity contribution in [1.29, 1.82) is 0 Å². The third kappa shape index (κ3) is 3.19. The molecule has 21 heavy (non-hydrogen) atoms. The lowest BCUT2D eigenvalue weighted by molar-refractivity contribution is -0.383. The Labute approximate surface area is 116 Å². The van der Waals surface area contributed by atoms with Gasteiger partial charge < -0.3 is 10.4 Å².